The van der Waals surface area contributed by atoms with E-state index in [1.807, 2.05) is 0 Å². The fourth-order valence-electron chi connectivity index (χ4n) is 3.30. The molecule has 2 heterocycles. The monoisotopic (exact) mass is 467 g/mol. The first-order valence-corrected chi connectivity index (χ1v) is 9.88. The quantitative estimate of drug-likeness (QED) is 0.477. The molecule has 0 aliphatic rings. The lowest BCUT2D eigenvalue weighted by Gasteiger charge is -2.16. The van der Waals surface area contributed by atoms with Gasteiger partial charge in [-0.1, -0.05) is 24.3 Å². The zero-order valence-electron chi connectivity index (χ0n) is 17.6. The van der Waals surface area contributed by atoms with Crippen molar-refractivity contribution in [2.75, 3.05) is 5.32 Å². The summed E-state index contributed by atoms with van der Waals surface area (Å²) in [7, 11) is 0. The standard InChI is InChI=1S/C23H16F3N5O3/c1-13-11-19(32)21(30-31(13)18-8-3-2-7-16(18)23(24,25)26)22(34)27-15-6-4-5-14(12-15)17-9-10-20(33)29-28-17/h2-12H,1H3,(H,27,34)(H,29,33). The second-order valence-corrected chi connectivity index (χ2v) is 7.27. The number of aromatic amines is 1. The van der Waals surface area contributed by atoms with Crippen molar-refractivity contribution in [2.24, 2.45) is 0 Å². The molecule has 0 aliphatic heterocycles. The van der Waals surface area contributed by atoms with Crippen LogP contribution in [0.5, 0.6) is 0 Å². The van der Waals surface area contributed by atoms with E-state index in [0.29, 0.717) is 16.9 Å². The van der Waals surface area contributed by atoms with Gasteiger partial charge in [0, 0.05) is 29.1 Å². The van der Waals surface area contributed by atoms with Crippen LogP contribution < -0.4 is 16.3 Å². The van der Waals surface area contributed by atoms with Crippen molar-refractivity contribution in [3.05, 3.63) is 104 Å². The van der Waals surface area contributed by atoms with E-state index < -0.39 is 28.8 Å². The van der Waals surface area contributed by atoms with Crippen molar-refractivity contribution < 1.29 is 18.0 Å². The van der Waals surface area contributed by atoms with E-state index in [2.05, 4.69) is 20.6 Å². The number of alkyl halides is 3. The van der Waals surface area contributed by atoms with Gasteiger partial charge in [-0.25, -0.2) is 9.78 Å². The lowest BCUT2D eigenvalue weighted by molar-refractivity contribution is -0.137. The predicted molar refractivity (Wildman–Crippen MR) is 118 cm³/mol. The molecule has 11 heteroatoms. The Morgan fingerprint density at radius 2 is 1.76 bits per heavy atom. The molecular formula is C23H16F3N5O3. The lowest BCUT2D eigenvalue weighted by atomic mass is 10.1. The first-order chi connectivity index (χ1) is 16.1. The first kappa shape index (κ1) is 22.6. The molecule has 0 spiro atoms. The summed E-state index contributed by atoms with van der Waals surface area (Å²) in [6.45, 7) is 1.42. The maximum atomic E-state index is 13.5. The number of nitrogens with one attached hydrogen (secondary N) is 2. The highest BCUT2D eigenvalue weighted by molar-refractivity contribution is 6.03. The number of aromatic nitrogens is 4. The van der Waals surface area contributed by atoms with Crippen LogP contribution in [0.2, 0.25) is 0 Å². The van der Waals surface area contributed by atoms with Crippen LogP contribution in [0.15, 0.2) is 76.3 Å². The molecule has 8 nitrogen and oxygen atoms in total. The third-order valence-corrected chi connectivity index (χ3v) is 4.86. The third-order valence-electron chi connectivity index (χ3n) is 4.86. The van der Waals surface area contributed by atoms with Crippen molar-refractivity contribution in [1.29, 1.82) is 0 Å². The molecule has 4 rings (SSSR count). The van der Waals surface area contributed by atoms with Crippen LogP contribution >= 0.6 is 0 Å². The van der Waals surface area contributed by atoms with Crippen molar-refractivity contribution in [3.63, 3.8) is 0 Å². The van der Waals surface area contributed by atoms with E-state index in [-0.39, 0.29) is 16.9 Å². The molecule has 4 aromatic rings. The number of aryl methyl sites for hydroxylation is 1. The fourth-order valence-corrected chi connectivity index (χ4v) is 3.30. The summed E-state index contributed by atoms with van der Waals surface area (Å²) in [4.78, 5) is 36.5. The Balaban J connectivity index is 1.70. The van der Waals surface area contributed by atoms with Crippen molar-refractivity contribution in [1.82, 2.24) is 20.0 Å². The number of hydrogen-bond donors (Lipinski definition) is 2. The molecule has 0 unspecified atom stereocenters. The number of anilines is 1. The Labute approximate surface area is 189 Å². The first-order valence-electron chi connectivity index (χ1n) is 9.88. The summed E-state index contributed by atoms with van der Waals surface area (Å²) in [6, 6.07) is 15.0. The minimum atomic E-state index is -4.66. The van der Waals surface area contributed by atoms with Gasteiger partial charge < -0.3 is 5.32 Å². The van der Waals surface area contributed by atoms with Crippen LogP contribution in [-0.2, 0) is 6.18 Å². The summed E-state index contributed by atoms with van der Waals surface area (Å²) >= 11 is 0. The number of carbonyl (C=O) groups excluding carboxylic acids is 1. The van der Waals surface area contributed by atoms with E-state index in [9.17, 15) is 27.6 Å². The van der Waals surface area contributed by atoms with Crippen molar-refractivity contribution in [3.8, 4) is 16.9 Å². The summed E-state index contributed by atoms with van der Waals surface area (Å²) in [5, 5.41) is 12.7. The maximum Gasteiger partial charge on any atom is 0.418 e. The van der Waals surface area contributed by atoms with Crippen LogP contribution in [0.4, 0.5) is 18.9 Å². The Morgan fingerprint density at radius 1 is 1.00 bits per heavy atom. The number of carbonyl (C=O) groups is 1. The minimum absolute atomic E-state index is 0.129. The Hall–Kier alpha value is -4.54. The van der Waals surface area contributed by atoms with Crippen LogP contribution in [-0.4, -0.2) is 25.9 Å². The highest BCUT2D eigenvalue weighted by Gasteiger charge is 2.34. The number of hydrogen-bond acceptors (Lipinski definition) is 5. The van der Waals surface area contributed by atoms with E-state index >= 15 is 0 Å². The third kappa shape index (κ3) is 4.63. The lowest BCUT2D eigenvalue weighted by Crippen LogP contribution is -2.27. The van der Waals surface area contributed by atoms with Crippen LogP contribution in [0.25, 0.3) is 16.9 Å². The van der Waals surface area contributed by atoms with Gasteiger partial charge in [-0.2, -0.15) is 23.4 Å². The average Bonchev–Trinajstić information content (AvgIpc) is 2.79. The Bertz CT molecular complexity index is 1490. The average molecular weight is 467 g/mol. The molecule has 0 aliphatic carbocycles. The van der Waals surface area contributed by atoms with E-state index in [1.54, 1.807) is 24.3 Å². The molecule has 172 valence electrons. The largest absolute Gasteiger partial charge is 0.418 e. The highest BCUT2D eigenvalue weighted by Crippen LogP contribution is 2.33. The van der Waals surface area contributed by atoms with Gasteiger partial charge in [-0.05, 0) is 37.3 Å². The normalized spacial score (nSPS) is 11.3. The van der Waals surface area contributed by atoms with E-state index in [4.69, 9.17) is 0 Å². The number of rotatable bonds is 4. The topological polar surface area (TPSA) is 110 Å². The van der Waals surface area contributed by atoms with Gasteiger partial charge >= 0.3 is 6.18 Å². The second kappa shape index (κ2) is 8.77. The van der Waals surface area contributed by atoms with Gasteiger partial charge in [0.25, 0.3) is 11.5 Å². The molecular weight excluding hydrogens is 451 g/mol. The zero-order chi connectivity index (χ0) is 24.5. The number of benzene rings is 2. The van der Waals surface area contributed by atoms with Gasteiger partial charge in [-0.3, -0.25) is 14.4 Å². The van der Waals surface area contributed by atoms with Gasteiger partial charge in [0.2, 0.25) is 5.43 Å². The summed E-state index contributed by atoms with van der Waals surface area (Å²) in [5.74, 6) is -0.894. The molecule has 2 N–H and O–H groups in total. The molecule has 0 saturated carbocycles. The minimum Gasteiger partial charge on any atom is -0.320 e. The number of nitrogens with zero attached hydrogens (tertiary/aromatic N) is 3. The number of H-pyrrole nitrogens is 1. The zero-order valence-corrected chi connectivity index (χ0v) is 17.6. The number of para-hydroxylation sites is 1. The smallest absolute Gasteiger partial charge is 0.320 e. The van der Waals surface area contributed by atoms with Crippen LogP contribution in [0.3, 0.4) is 0 Å². The summed E-state index contributed by atoms with van der Waals surface area (Å²) in [5.41, 5.74) is -1.53. The molecule has 0 atom stereocenters. The molecule has 0 bridgehead atoms. The molecule has 0 radical (unpaired) electrons. The fraction of sp³-hybridized carbons (Fsp3) is 0.0870. The van der Waals surface area contributed by atoms with E-state index in [0.717, 1.165) is 16.8 Å². The number of amides is 1. The van der Waals surface area contributed by atoms with Gasteiger partial charge in [0.15, 0.2) is 5.69 Å². The van der Waals surface area contributed by atoms with Crippen LogP contribution in [0, 0.1) is 6.92 Å². The SMILES string of the molecule is Cc1cc(=O)c(C(=O)Nc2cccc(-c3ccc(=O)[nH]n3)c2)nn1-c1ccccc1C(F)(F)F. The van der Waals surface area contributed by atoms with Gasteiger partial charge in [0.05, 0.1) is 16.9 Å². The van der Waals surface area contributed by atoms with Crippen molar-refractivity contribution >= 4 is 11.6 Å². The molecule has 1 amide bonds. The molecule has 2 aromatic carbocycles. The summed E-state index contributed by atoms with van der Waals surface area (Å²) < 4.78 is 41.4. The van der Waals surface area contributed by atoms with Gasteiger partial charge in [-0.15, -0.1) is 0 Å². The Morgan fingerprint density at radius 3 is 2.47 bits per heavy atom. The second-order valence-electron chi connectivity index (χ2n) is 7.27. The molecule has 0 saturated heterocycles. The van der Waals surface area contributed by atoms with Crippen LogP contribution in [0.1, 0.15) is 21.7 Å². The predicted octanol–water partition coefficient (Wildman–Crippen LogP) is 3.56. The maximum absolute atomic E-state index is 13.5. The molecule has 0 fully saturated rings. The van der Waals surface area contributed by atoms with E-state index in [1.165, 1.54) is 37.3 Å². The molecule has 34 heavy (non-hydrogen) atoms. The van der Waals surface area contributed by atoms with Crippen molar-refractivity contribution in [2.45, 2.75) is 13.1 Å². The number of halogens is 3. The highest BCUT2D eigenvalue weighted by atomic mass is 19.4. The van der Waals surface area contributed by atoms with Gasteiger partial charge in [0.1, 0.15) is 0 Å². The molecule has 2 aromatic heterocycles. The summed E-state index contributed by atoms with van der Waals surface area (Å²) in [6.07, 6.45) is -4.66. The Kier molecular flexibility index (Phi) is 5.84.